The van der Waals surface area contributed by atoms with E-state index < -0.39 is 0 Å². The SMILES string of the molecule is CCn1nc(C)c(C(C)C)c1O. The molecule has 68 valence electrons. The average molecular weight is 168 g/mol. The highest BCUT2D eigenvalue weighted by Crippen LogP contribution is 2.28. The second-order valence-corrected chi connectivity index (χ2v) is 3.29. The van der Waals surface area contributed by atoms with Gasteiger partial charge in [-0.25, -0.2) is 4.68 Å². The molecule has 12 heavy (non-hydrogen) atoms. The quantitative estimate of drug-likeness (QED) is 0.733. The Morgan fingerprint density at radius 1 is 1.50 bits per heavy atom. The van der Waals surface area contributed by atoms with E-state index in [1.54, 1.807) is 4.68 Å². The highest BCUT2D eigenvalue weighted by molar-refractivity contribution is 5.32. The van der Waals surface area contributed by atoms with Crippen LogP contribution in [0.4, 0.5) is 0 Å². The Kier molecular flexibility index (Phi) is 2.40. The molecular formula is C9H16N2O. The fraction of sp³-hybridized carbons (Fsp3) is 0.667. The van der Waals surface area contributed by atoms with Crippen LogP contribution in [-0.2, 0) is 6.54 Å². The van der Waals surface area contributed by atoms with Gasteiger partial charge in [-0.1, -0.05) is 13.8 Å². The van der Waals surface area contributed by atoms with Gasteiger partial charge in [-0.15, -0.1) is 0 Å². The molecule has 0 aliphatic rings. The van der Waals surface area contributed by atoms with Crippen LogP contribution < -0.4 is 0 Å². The minimum Gasteiger partial charge on any atom is -0.493 e. The van der Waals surface area contributed by atoms with Crippen LogP contribution in [0.2, 0.25) is 0 Å². The monoisotopic (exact) mass is 168 g/mol. The topological polar surface area (TPSA) is 38.0 Å². The Balaban J connectivity index is 3.19. The van der Waals surface area contributed by atoms with Gasteiger partial charge in [-0.2, -0.15) is 5.10 Å². The van der Waals surface area contributed by atoms with Gasteiger partial charge in [-0.05, 0) is 19.8 Å². The first-order valence-electron chi connectivity index (χ1n) is 4.34. The number of aromatic hydroxyl groups is 1. The summed E-state index contributed by atoms with van der Waals surface area (Å²) in [5, 5.41) is 13.9. The van der Waals surface area contributed by atoms with E-state index in [1.165, 1.54) is 0 Å². The Morgan fingerprint density at radius 2 is 2.08 bits per heavy atom. The fourth-order valence-electron chi connectivity index (χ4n) is 1.48. The first-order chi connectivity index (χ1) is 5.57. The number of hydrogen-bond acceptors (Lipinski definition) is 2. The molecule has 0 saturated heterocycles. The molecule has 0 unspecified atom stereocenters. The summed E-state index contributed by atoms with van der Waals surface area (Å²) in [7, 11) is 0. The highest BCUT2D eigenvalue weighted by Gasteiger charge is 2.15. The molecule has 0 aliphatic carbocycles. The van der Waals surface area contributed by atoms with E-state index in [4.69, 9.17) is 0 Å². The maximum absolute atomic E-state index is 9.68. The van der Waals surface area contributed by atoms with Crippen molar-refractivity contribution in [2.24, 2.45) is 0 Å². The predicted octanol–water partition coefficient (Wildman–Crippen LogP) is 2.04. The van der Waals surface area contributed by atoms with Crippen LogP contribution in [-0.4, -0.2) is 14.9 Å². The van der Waals surface area contributed by atoms with Crippen molar-refractivity contribution in [2.45, 2.75) is 40.2 Å². The van der Waals surface area contributed by atoms with Crippen molar-refractivity contribution in [1.82, 2.24) is 9.78 Å². The number of aryl methyl sites for hydroxylation is 2. The molecule has 0 atom stereocenters. The molecule has 0 aliphatic heterocycles. The molecule has 3 nitrogen and oxygen atoms in total. The van der Waals surface area contributed by atoms with Gasteiger partial charge in [0.2, 0.25) is 5.88 Å². The molecule has 1 aromatic rings. The van der Waals surface area contributed by atoms with Crippen molar-refractivity contribution >= 4 is 0 Å². The van der Waals surface area contributed by atoms with E-state index in [2.05, 4.69) is 18.9 Å². The summed E-state index contributed by atoms with van der Waals surface area (Å²) in [5.41, 5.74) is 1.90. The largest absolute Gasteiger partial charge is 0.493 e. The van der Waals surface area contributed by atoms with Gasteiger partial charge >= 0.3 is 0 Å². The summed E-state index contributed by atoms with van der Waals surface area (Å²) in [6, 6.07) is 0. The molecule has 0 spiro atoms. The summed E-state index contributed by atoms with van der Waals surface area (Å²) >= 11 is 0. The standard InChI is InChI=1S/C9H16N2O/c1-5-11-9(12)8(6(2)3)7(4)10-11/h6,12H,5H2,1-4H3. The lowest BCUT2D eigenvalue weighted by molar-refractivity contribution is 0.398. The van der Waals surface area contributed by atoms with Crippen LogP contribution >= 0.6 is 0 Å². The maximum Gasteiger partial charge on any atom is 0.213 e. The van der Waals surface area contributed by atoms with E-state index in [0.717, 1.165) is 17.8 Å². The average Bonchev–Trinajstić information content (AvgIpc) is 2.25. The second-order valence-electron chi connectivity index (χ2n) is 3.29. The van der Waals surface area contributed by atoms with Gasteiger partial charge in [0.05, 0.1) is 5.69 Å². The molecule has 0 bridgehead atoms. The third-order valence-corrected chi connectivity index (χ3v) is 2.02. The van der Waals surface area contributed by atoms with Crippen LogP contribution in [0.3, 0.4) is 0 Å². The third kappa shape index (κ3) is 1.31. The van der Waals surface area contributed by atoms with Gasteiger partial charge in [0, 0.05) is 12.1 Å². The molecule has 3 heteroatoms. The summed E-state index contributed by atoms with van der Waals surface area (Å²) in [5.74, 6) is 0.662. The molecule has 1 rings (SSSR count). The summed E-state index contributed by atoms with van der Waals surface area (Å²) in [6.45, 7) is 8.74. The van der Waals surface area contributed by atoms with Crippen LogP contribution in [0, 0.1) is 6.92 Å². The fourth-order valence-corrected chi connectivity index (χ4v) is 1.48. The Hall–Kier alpha value is -0.990. The summed E-state index contributed by atoms with van der Waals surface area (Å²) in [4.78, 5) is 0. The zero-order valence-electron chi connectivity index (χ0n) is 8.13. The smallest absolute Gasteiger partial charge is 0.213 e. The van der Waals surface area contributed by atoms with Gasteiger partial charge in [0.25, 0.3) is 0 Å². The lowest BCUT2D eigenvalue weighted by Crippen LogP contribution is -1.95. The van der Waals surface area contributed by atoms with Crippen LogP contribution in [0.5, 0.6) is 5.88 Å². The molecular weight excluding hydrogens is 152 g/mol. The predicted molar refractivity (Wildman–Crippen MR) is 48.4 cm³/mol. The van der Waals surface area contributed by atoms with Crippen molar-refractivity contribution in [1.29, 1.82) is 0 Å². The van der Waals surface area contributed by atoms with Crippen LogP contribution in [0.1, 0.15) is 37.9 Å². The molecule has 0 aromatic carbocycles. The van der Waals surface area contributed by atoms with E-state index in [0.29, 0.717) is 11.8 Å². The van der Waals surface area contributed by atoms with Gasteiger partial charge in [-0.3, -0.25) is 0 Å². The van der Waals surface area contributed by atoms with Crippen LogP contribution in [0.25, 0.3) is 0 Å². The normalized spacial score (nSPS) is 11.1. The van der Waals surface area contributed by atoms with Crippen molar-refractivity contribution in [3.8, 4) is 5.88 Å². The molecule has 0 radical (unpaired) electrons. The zero-order chi connectivity index (χ0) is 9.30. The molecule has 0 fully saturated rings. The Labute approximate surface area is 73.0 Å². The third-order valence-electron chi connectivity index (χ3n) is 2.02. The molecule has 0 saturated carbocycles. The van der Waals surface area contributed by atoms with Crippen molar-refractivity contribution < 1.29 is 5.11 Å². The van der Waals surface area contributed by atoms with E-state index in [9.17, 15) is 5.11 Å². The van der Waals surface area contributed by atoms with E-state index in [-0.39, 0.29) is 0 Å². The minimum absolute atomic E-state index is 0.324. The van der Waals surface area contributed by atoms with Gasteiger partial charge in [0.1, 0.15) is 0 Å². The summed E-state index contributed by atoms with van der Waals surface area (Å²) in [6.07, 6.45) is 0. The highest BCUT2D eigenvalue weighted by atomic mass is 16.3. The Morgan fingerprint density at radius 3 is 2.33 bits per heavy atom. The first-order valence-corrected chi connectivity index (χ1v) is 4.34. The maximum atomic E-state index is 9.68. The molecule has 0 amide bonds. The zero-order valence-corrected chi connectivity index (χ0v) is 8.13. The van der Waals surface area contributed by atoms with Gasteiger partial charge < -0.3 is 5.11 Å². The van der Waals surface area contributed by atoms with E-state index in [1.807, 2.05) is 13.8 Å². The molecule has 1 heterocycles. The van der Waals surface area contributed by atoms with Crippen molar-refractivity contribution in [3.63, 3.8) is 0 Å². The van der Waals surface area contributed by atoms with Crippen molar-refractivity contribution in [3.05, 3.63) is 11.3 Å². The number of nitrogens with zero attached hydrogens (tertiary/aromatic N) is 2. The first kappa shape index (κ1) is 9.10. The second kappa shape index (κ2) is 3.17. The minimum atomic E-state index is 0.324. The Bertz CT molecular complexity index is 276. The number of aromatic nitrogens is 2. The molecule has 1 aromatic heterocycles. The number of hydrogen-bond donors (Lipinski definition) is 1. The number of rotatable bonds is 2. The lowest BCUT2D eigenvalue weighted by Gasteiger charge is -2.03. The van der Waals surface area contributed by atoms with E-state index >= 15 is 0 Å². The van der Waals surface area contributed by atoms with Crippen molar-refractivity contribution in [2.75, 3.05) is 0 Å². The summed E-state index contributed by atoms with van der Waals surface area (Å²) < 4.78 is 1.63. The lowest BCUT2D eigenvalue weighted by atomic mass is 10.0. The molecule has 1 N–H and O–H groups in total. The van der Waals surface area contributed by atoms with Crippen LogP contribution in [0.15, 0.2) is 0 Å². The van der Waals surface area contributed by atoms with Gasteiger partial charge in [0.15, 0.2) is 0 Å².